The fourth-order valence-electron chi connectivity index (χ4n) is 2.11. The minimum atomic E-state index is -3.57. The van der Waals surface area contributed by atoms with Crippen LogP contribution in [-0.4, -0.2) is 21.4 Å². The van der Waals surface area contributed by atoms with Gasteiger partial charge in [-0.05, 0) is 50.2 Å². The van der Waals surface area contributed by atoms with Gasteiger partial charge in [-0.1, -0.05) is 35.9 Å². The van der Waals surface area contributed by atoms with Crippen molar-refractivity contribution in [3.05, 3.63) is 65.2 Å². The van der Waals surface area contributed by atoms with E-state index in [2.05, 4.69) is 10.0 Å². The molecule has 0 heterocycles. The van der Waals surface area contributed by atoms with E-state index >= 15 is 0 Å². The molecule has 0 aliphatic heterocycles. The highest BCUT2D eigenvalue weighted by Gasteiger charge is 2.15. The van der Waals surface area contributed by atoms with Crippen LogP contribution in [0.2, 0.25) is 0 Å². The molecule has 0 saturated carbocycles. The third-order valence-corrected chi connectivity index (χ3v) is 5.07. The fraction of sp³-hybridized carbons (Fsp3) is 0.167. The lowest BCUT2D eigenvalue weighted by atomic mass is 10.1. The van der Waals surface area contributed by atoms with Crippen molar-refractivity contribution in [2.75, 3.05) is 12.4 Å². The summed E-state index contributed by atoms with van der Waals surface area (Å²) in [5.41, 5.74) is 3.10. The normalized spacial score (nSPS) is 11.6. The van der Waals surface area contributed by atoms with Crippen molar-refractivity contribution in [1.29, 1.82) is 0 Å². The van der Waals surface area contributed by atoms with Crippen LogP contribution in [0.3, 0.4) is 0 Å². The standard InChI is InChI=1S/C18H20N2O3S/c1-13-4-7-15(8-5-13)9-11-18(21)20-16-10-6-14(2)17(12-16)24(22,23)19-3/h4-12,19H,1-3H3,(H,20,21)/b11-9+. The van der Waals surface area contributed by atoms with Gasteiger partial charge in [-0.2, -0.15) is 0 Å². The van der Waals surface area contributed by atoms with Gasteiger partial charge in [0.2, 0.25) is 15.9 Å². The summed E-state index contributed by atoms with van der Waals surface area (Å²) in [6, 6.07) is 12.5. The molecule has 0 saturated heterocycles. The molecule has 2 aromatic rings. The van der Waals surface area contributed by atoms with Gasteiger partial charge in [0.25, 0.3) is 0 Å². The lowest BCUT2D eigenvalue weighted by Crippen LogP contribution is -2.20. The van der Waals surface area contributed by atoms with Crippen LogP contribution in [0.15, 0.2) is 53.4 Å². The zero-order valence-electron chi connectivity index (χ0n) is 13.8. The van der Waals surface area contributed by atoms with Gasteiger partial charge in [0, 0.05) is 11.8 Å². The second-order valence-corrected chi connectivity index (χ2v) is 7.28. The summed E-state index contributed by atoms with van der Waals surface area (Å²) in [5, 5.41) is 2.67. The summed E-state index contributed by atoms with van der Waals surface area (Å²) >= 11 is 0. The Morgan fingerprint density at radius 1 is 1.04 bits per heavy atom. The Morgan fingerprint density at radius 3 is 2.33 bits per heavy atom. The first-order valence-corrected chi connectivity index (χ1v) is 8.90. The summed E-state index contributed by atoms with van der Waals surface area (Å²) in [6.45, 7) is 3.70. The average molecular weight is 344 g/mol. The monoisotopic (exact) mass is 344 g/mol. The minimum absolute atomic E-state index is 0.144. The molecular weight excluding hydrogens is 324 g/mol. The number of anilines is 1. The Labute approximate surface area is 142 Å². The van der Waals surface area contributed by atoms with Crippen LogP contribution < -0.4 is 10.0 Å². The Hall–Kier alpha value is -2.44. The molecule has 0 fully saturated rings. The Morgan fingerprint density at radius 2 is 1.71 bits per heavy atom. The first-order chi connectivity index (χ1) is 11.3. The summed E-state index contributed by atoms with van der Waals surface area (Å²) in [6.07, 6.45) is 3.12. The predicted molar refractivity (Wildman–Crippen MR) is 96.3 cm³/mol. The Bertz CT molecular complexity index is 870. The maximum absolute atomic E-state index is 12.0. The molecule has 2 rings (SSSR count). The molecule has 126 valence electrons. The van der Waals surface area contributed by atoms with Gasteiger partial charge >= 0.3 is 0 Å². The number of sulfonamides is 1. The smallest absolute Gasteiger partial charge is 0.248 e. The lowest BCUT2D eigenvalue weighted by Gasteiger charge is -2.09. The molecule has 0 aliphatic rings. The second-order valence-electron chi connectivity index (χ2n) is 5.42. The summed E-state index contributed by atoms with van der Waals surface area (Å²) in [5.74, 6) is -0.327. The molecule has 0 atom stereocenters. The van der Waals surface area contributed by atoms with E-state index in [-0.39, 0.29) is 10.8 Å². The van der Waals surface area contributed by atoms with E-state index in [1.54, 1.807) is 25.1 Å². The van der Waals surface area contributed by atoms with Crippen LogP contribution in [0, 0.1) is 13.8 Å². The van der Waals surface area contributed by atoms with Crippen LogP contribution in [0.5, 0.6) is 0 Å². The molecule has 6 heteroatoms. The van der Waals surface area contributed by atoms with Crippen LogP contribution >= 0.6 is 0 Å². The molecule has 0 aromatic heterocycles. The molecule has 0 bridgehead atoms. The summed E-state index contributed by atoms with van der Waals surface area (Å²) < 4.78 is 26.2. The van der Waals surface area contributed by atoms with Crippen molar-refractivity contribution in [2.45, 2.75) is 18.7 Å². The highest BCUT2D eigenvalue weighted by Crippen LogP contribution is 2.20. The van der Waals surface area contributed by atoms with Crippen LogP contribution in [0.1, 0.15) is 16.7 Å². The van der Waals surface area contributed by atoms with Crippen molar-refractivity contribution >= 4 is 27.7 Å². The number of carbonyl (C=O) groups is 1. The zero-order valence-corrected chi connectivity index (χ0v) is 14.6. The Balaban J connectivity index is 2.14. The lowest BCUT2D eigenvalue weighted by molar-refractivity contribution is -0.111. The van der Waals surface area contributed by atoms with E-state index < -0.39 is 10.0 Å². The number of amides is 1. The van der Waals surface area contributed by atoms with Crippen molar-refractivity contribution < 1.29 is 13.2 Å². The van der Waals surface area contributed by atoms with E-state index in [1.807, 2.05) is 31.2 Å². The third-order valence-electron chi connectivity index (χ3n) is 3.52. The summed E-state index contributed by atoms with van der Waals surface area (Å²) in [7, 11) is -2.21. The maximum Gasteiger partial charge on any atom is 0.248 e. The molecule has 0 spiro atoms. The molecule has 24 heavy (non-hydrogen) atoms. The van der Waals surface area contributed by atoms with Crippen LogP contribution in [-0.2, 0) is 14.8 Å². The van der Waals surface area contributed by atoms with Gasteiger partial charge in [-0.25, -0.2) is 13.1 Å². The maximum atomic E-state index is 12.0. The van der Waals surface area contributed by atoms with E-state index in [4.69, 9.17) is 0 Å². The molecular formula is C18H20N2O3S. The van der Waals surface area contributed by atoms with Gasteiger partial charge in [0.15, 0.2) is 0 Å². The van der Waals surface area contributed by atoms with E-state index in [0.29, 0.717) is 11.3 Å². The molecule has 2 N–H and O–H groups in total. The highest BCUT2D eigenvalue weighted by atomic mass is 32.2. The van der Waals surface area contributed by atoms with Crippen molar-refractivity contribution in [2.24, 2.45) is 0 Å². The second kappa shape index (κ2) is 7.42. The predicted octanol–water partition coefficient (Wildman–Crippen LogP) is 2.86. The SMILES string of the molecule is CNS(=O)(=O)c1cc(NC(=O)/C=C/c2ccc(C)cc2)ccc1C. The van der Waals surface area contributed by atoms with Crippen LogP contribution in [0.4, 0.5) is 5.69 Å². The van der Waals surface area contributed by atoms with Gasteiger partial charge < -0.3 is 5.32 Å². The van der Waals surface area contributed by atoms with Crippen molar-refractivity contribution in [3.8, 4) is 0 Å². The zero-order chi connectivity index (χ0) is 17.7. The van der Waals surface area contributed by atoms with Gasteiger partial charge in [-0.15, -0.1) is 0 Å². The molecule has 2 aromatic carbocycles. The Kier molecular flexibility index (Phi) is 5.54. The first kappa shape index (κ1) is 17.9. The molecule has 0 aliphatic carbocycles. The molecule has 5 nitrogen and oxygen atoms in total. The molecule has 0 unspecified atom stereocenters. The van der Waals surface area contributed by atoms with Crippen molar-refractivity contribution in [1.82, 2.24) is 4.72 Å². The van der Waals surface area contributed by atoms with E-state index in [1.165, 1.54) is 19.2 Å². The number of aryl methyl sites for hydroxylation is 2. The third kappa shape index (κ3) is 4.53. The topological polar surface area (TPSA) is 75.3 Å². The number of nitrogens with one attached hydrogen (secondary N) is 2. The fourth-order valence-corrected chi connectivity index (χ4v) is 3.10. The van der Waals surface area contributed by atoms with E-state index in [0.717, 1.165) is 11.1 Å². The first-order valence-electron chi connectivity index (χ1n) is 7.42. The number of hydrogen-bond acceptors (Lipinski definition) is 3. The number of hydrogen-bond donors (Lipinski definition) is 2. The van der Waals surface area contributed by atoms with Gasteiger partial charge in [0.05, 0.1) is 4.90 Å². The van der Waals surface area contributed by atoms with Crippen molar-refractivity contribution in [3.63, 3.8) is 0 Å². The van der Waals surface area contributed by atoms with Gasteiger partial charge in [0.1, 0.15) is 0 Å². The summed E-state index contributed by atoms with van der Waals surface area (Å²) in [4.78, 5) is 12.1. The minimum Gasteiger partial charge on any atom is -0.322 e. The van der Waals surface area contributed by atoms with E-state index in [9.17, 15) is 13.2 Å². The highest BCUT2D eigenvalue weighted by molar-refractivity contribution is 7.89. The number of carbonyl (C=O) groups excluding carboxylic acids is 1. The average Bonchev–Trinajstić information content (AvgIpc) is 2.56. The number of benzene rings is 2. The molecule has 1 amide bonds. The number of rotatable bonds is 5. The molecule has 0 radical (unpaired) electrons. The largest absolute Gasteiger partial charge is 0.322 e. The van der Waals surface area contributed by atoms with Gasteiger partial charge in [-0.3, -0.25) is 4.79 Å². The van der Waals surface area contributed by atoms with Crippen LogP contribution in [0.25, 0.3) is 6.08 Å². The quantitative estimate of drug-likeness (QED) is 0.819.